The molecular weight excluding hydrogens is 333 g/mol. The van der Waals surface area contributed by atoms with Crippen LogP contribution in [0.5, 0.6) is 5.75 Å². The molecule has 2 aromatic carbocycles. The van der Waals surface area contributed by atoms with Crippen LogP contribution in [0.4, 0.5) is 13.2 Å². The normalized spacial score (nSPS) is 22.1. The molecule has 0 radical (unpaired) electrons. The van der Waals surface area contributed by atoms with E-state index in [0.717, 1.165) is 11.6 Å². The Kier molecular flexibility index (Phi) is 3.42. The molecular formula is C18H15F3N2O2. The summed E-state index contributed by atoms with van der Waals surface area (Å²) in [5.74, 6) is 0.652. The quantitative estimate of drug-likeness (QED) is 0.859. The molecule has 0 bridgehead atoms. The van der Waals surface area contributed by atoms with E-state index in [-0.39, 0.29) is 11.6 Å². The Bertz CT molecular complexity index is 864. The second-order valence-corrected chi connectivity index (χ2v) is 6.29. The van der Waals surface area contributed by atoms with Crippen molar-refractivity contribution in [3.63, 3.8) is 0 Å². The number of ether oxygens (including phenoxy) is 2. The van der Waals surface area contributed by atoms with Crippen LogP contribution in [0.15, 0.2) is 47.5 Å². The zero-order valence-corrected chi connectivity index (χ0v) is 13.1. The fourth-order valence-electron chi connectivity index (χ4n) is 3.30. The minimum Gasteiger partial charge on any atom is -0.491 e. The molecule has 0 amide bonds. The van der Waals surface area contributed by atoms with Crippen molar-refractivity contribution >= 4 is 6.02 Å². The molecule has 2 N–H and O–H groups in total. The third-order valence-electron chi connectivity index (χ3n) is 4.46. The first-order chi connectivity index (χ1) is 11.9. The molecule has 2 aromatic rings. The van der Waals surface area contributed by atoms with Crippen molar-refractivity contribution in [2.75, 3.05) is 13.2 Å². The molecule has 2 aliphatic heterocycles. The zero-order chi connectivity index (χ0) is 17.7. The first kappa shape index (κ1) is 15.8. The first-order valence-corrected chi connectivity index (χ1v) is 7.77. The van der Waals surface area contributed by atoms with Gasteiger partial charge in [0.2, 0.25) is 0 Å². The fourth-order valence-corrected chi connectivity index (χ4v) is 3.30. The van der Waals surface area contributed by atoms with Gasteiger partial charge in [0.25, 0.3) is 6.02 Å². The Labute approximate surface area is 142 Å². The summed E-state index contributed by atoms with van der Waals surface area (Å²) >= 11 is 0. The molecule has 7 heteroatoms. The highest BCUT2D eigenvalue weighted by atomic mass is 19.4. The lowest BCUT2D eigenvalue weighted by Gasteiger charge is -2.30. The molecule has 0 saturated carbocycles. The molecule has 0 aliphatic carbocycles. The maximum atomic E-state index is 13.3. The van der Waals surface area contributed by atoms with Gasteiger partial charge in [-0.25, -0.2) is 4.99 Å². The summed E-state index contributed by atoms with van der Waals surface area (Å²) in [6.45, 7) is 0.640. The third-order valence-corrected chi connectivity index (χ3v) is 4.46. The smallest absolute Gasteiger partial charge is 0.417 e. The predicted octanol–water partition coefficient (Wildman–Crippen LogP) is 3.39. The van der Waals surface area contributed by atoms with Gasteiger partial charge in [-0.1, -0.05) is 24.3 Å². The number of benzene rings is 2. The van der Waals surface area contributed by atoms with E-state index in [4.69, 9.17) is 15.2 Å². The highest BCUT2D eigenvalue weighted by molar-refractivity contribution is 5.74. The van der Waals surface area contributed by atoms with Gasteiger partial charge in [-0.3, -0.25) is 0 Å². The maximum Gasteiger partial charge on any atom is 0.417 e. The monoisotopic (exact) mass is 348 g/mol. The number of amidine groups is 1. The summed E-state index contributed by atoms with van der Waals surface area (Å²) in [4.78, 5) is 4.30. The number of hydrogen-bond acceptors (Lipinski definition) is 4. The predicted molar refractivity (Wildman–Crippen MR) is 86.4 cm³/mol. The van der Waals surface area contributed by atoms with Crippen molar-refractivity contribution in [1.29, 1.82) is 0 Å². The van der Waals surface area contributed by atoms with Gasteiger partial charge in [0.15, 0.2) is 0 Å². The zero-order valence-electron chi connectivity index (χ0n) is 13.1. The minimum absolute atomic E-state index is 0.116. The number of halogens is 3. The molecule has 2 heterocycles. The van der Waals surface area contributed by atoms with Gasteiger partial charge in [-0.05, 0) is 34.9 Å². The molecule has 130 valence electrons. The summed E-state index contributed by atoms with van der Waals surface area (Å²) in [7, 11) is 0. The summed E-state index contributed by atoms with van der Waals surface area (Å²) in [6, 6.07) is 10.7. The summed E-state index contributed by atoms with van der Waals surface area (Å²) in [6.07, 6.45) is -3.91. The number of rotatable bonds is 1. The van der Waals surface area contributed by atoms with Crippen molar-refractivity contribution < 1.29 is 22.6 Å². The van der Waals surface area contributed by atoms with Crippen molar-refractivity contribution in [2.24, 2.45) is 10.7 Å². The lowest BCUT2D eigenvalue weighted by molar-refractivity contribution is -0.137. The van der Waals surface area contributed by atoms with Crippen LogP contribution >= 0.6 is 0 Å². The standard InChI is InChI=1S/C18H15F3N2O2/c19-18(20,21)14-4-2-1-3-13(14)11-5-6-15-12(7-11)8-17(9-24-15)10-25-16(22)23-17/h1-7H,8-10H2,(H2,22,23). The van der Waals surface area contributed by atoms with E-state index in [1.165, 1.54) is 12.1 Å². The van der Waals surface area contributed by atoms with Crippen LogP contribution in [0.3, 0.4) is 0 Å². The van der Waals surface area contributed by atoms with Crippen LogP contribution < -0.4 is 10.5 Å². The number of aliphatic imine (C=N–C) groups is 1. The van der Waals surface area contributed by atoms with E-state index < -0.39 is 17.3 Å². The van der Waals surface area contributed by atoms with E-state index in [9.17, 15) is 13.2 Å². The van der Waals surface area contributed by atoms with Crippen molar-refractivity contribution in [1.82, 2.24) is 0 Å². The van der Waals surface area contributed by atoms with Gasteiger partial charge in [-0.2, -0.15) is 13.2 Å². The number of hydrogen-bond donors (Lipinski definition) is 1. The average Bonchev–Trinajstić information content (AvgIpc) is 2.93. The molecule has 1 atom stereocenters. The number of fused-ring (bicyclic) bond motifs is 1. The second-order valence-electron chi connectivity index (χ2n) is 6.29. The molecule has 0 aromatic heterocycles. The van der Waals surface area contributed by atoms with E-state index in [1.54, 1.807) is 24.3 Å². The van der Waals surface area contributed by atoms with Crippen LogP contribution in [0.1, 0.15) is 11.1 Å². The summed E-state index contributed by atoms with van der Waals surface area (Å²) in [5.41, 5.74) is 5.76. The fraction of sp³-hybridized carbons (Fsp3) is 0.278. The van der Waals surface area contributed by atoms with Crippen molar-refractivity contribution in [3.05, 3.63) is 53.6 Å². The van der Waals surface area contributed by atoms with Gasteiger partial charge in [0.05, 0.1) is 5.56 Å². The summed E-state index contributed by atoms with van der Waals surface area (Å²) < 4.78 is 50.8. The largest absolute Gasteiger partial charge is 0.491 e. The number of alkyl halides is 3. The Balaban J connectivity index is 1.75. The van der Waals surface area contributed by atoms with Gasteiger partial charge in [0, 0.05) is 6.42 Å². The number of nitrogens with two attached hydrogens (primary N) is 1. The number of nitrogens with zero attached hydrogens (tertiary/aromatic N) is 1. The van der Waals surface area contributed by atoms with E-state index in [2.05, 4.69) is 4.99 Å². The molecule has 25 heavy (non-hydrogen) atoms. The first-order valence-electron chi connectivity index (χ1n) is 7.77. The Morgan fingerprint density at radius 3 is 2.52 bits per heavy atom. The molecule has 0 saturated heterocycles. The second kappa shape index (κ2) is 5.40. The summed E-state index contributed by atoms with van der Waals surface area (Å²) in [5, 5.41) is 0. The molecule has 1 spiro atoms. The highest BCUT2D eigenvalue weighted by Crippen LogP contribution is 2.40. The molecule has 1 unspecified atom stereocenters. The maximum absolute atomic E-state index is 13.3. The van der Waals surface area contributed by atoms with E-state index >= 15 is 0 Å². The van der Waals surface area contributed by atoms with Crippen LogP contribution in [0.25, 0.3) is 11.1 Å². The van der Waals surface area contributed by atoms with Crippen molar-refractivity contribution in [2.45, 2.75) is 18.1 Å². The molecule has 0 fully saturated rings. The molecule has 4 nitrogen and oxygen atoms in total. The van der Waals surface area contributed by atoms with Crippen LogP contribution in [-0.4, -0.2) is 24.8 Å². The molecule has 4 rings (SSSR count). The lowest BCUT2D eigenvalue weighted by atomic mass is 9.88. The van der Waals surface area contributed by atoms with Crippen molar-refractivity contribution in [3.8, 4) is 16.9 Å². The minimum atomic E-state index is -4.41. The average molecular weight is 348 g/mol. The van der Waals surface area contributed by atoms with Gasteiger partial charge in [-0.15, -0.1) is 0 Å². The Hall–Kier alpha value is -2.70. The molecule has 2 aliphatic rings. The Morgan fingerprint density at radius 2 is 1.80 bits per heavy atom. The van der Waals surface area contributed by atoms with Gasteiger partial charge < -0.3 is 15.2 Å². The topological polar surface area (TPSA) is 56.8 Å². The van der Waals surface area contributed by atoms with Gasteiger partial charge in [0.1, 0.15) is 24.5 Å². The van der Waals surface area contributed by atoms with Crippen LogP contribution in [0.2, 0.25) is 0 Å². The van der Waals surface area contributed by atoms with Crippen LogP contribution in [0, 0.1) is 0 Å². The Morgan fingerprint density at radius 1 is 1.04 bits per heavy atom. The van der Waals surface area contributed by atoms with Crippen LogP contribution in [-0.2, 0) is 17.3 Å². The lowest BCUT2D eigenvalue weighted by Crippen LogP contribution is -2.41. The van der Waals surface area contributed by atoms with E-state index in [1.807, 2.05) is 0 Å². The highest BCUT2D eigenvalue weighted by Gasteiger charge is 2.41. The van der Waals surface area contributed by atoms with E-state index in [0.29, 0.717) is 30.9 Å². The van der Waals surface area contributed by atoms with Gasteiger partial charge >= 0.3 is 6.18 Å². The third kappa shape index (κ3) is 2.79. The SMILES string of the molecule is NC1=NC2(CO1)COc1ccc(-c3ccccc3C(F)(F)F)cc1C2.